The van der Waals surface area contributed by atoms with Crippen molar-refractivity contribution in [1.82, 2.24) is 5.32 Å². The Balaban J connectivity index is 2.39. The van der Waals surface area contributed by atoms with E-state index in [2.05, 4.69) is 33.0 Å². The van der Waals surface area contributed by atoms with E-state index in [-0.39, 0.29) is 5.97 Å². The van der Waals surface area contributed by atoms with Crippen LogP contribution in [0.25, 0.3) is 0 Å². The number of hydrogen-bond donors (Lipinski definition) is 1. The number of esters is 1. The van der Waals surface area contributed by atoms with Gasteiger partial charge in [-0.25, -0.2) is 4.79 Å². The zero-order valence-electron chi connectivity index (χ0n) is 13.1. The summed E-state index contributed by atoms with van der Waals surface area (Å²) in [5.41, 5.74) is 0.786. The van der Waals surface area contributed by atoms with Crippen molar-refractivity contribution in [2.45, 2.75) is 59.9 Å². The van der Waals surface area contributed by atoms with E-state index in [4.69, 9.17) is 4.74 Å². The molecule has 0 amide bonds. The minimum atomic E-state index is -0.256. The highest BCUT2D eigenvalue weighted by Crippen LogP contribution is 2.45. The molecule has 0 aliphatic heterocycles. The van der Waals surface area contributed by atoms with E-state index in [9.17, 15) is 4.79 Å². The molecule has 1 saturated carbocycles. The summed E-state index contributed by atoms with van der Waals surface area (Å²) in [5, 5.41) is 3.54. The number of hydrogen-bond acceptors (Lipinski definition) is 3. The third kappa shape index (κ3) is 6.24. The van der Waals surface area contributed by atoms with Gasteiger partial charge in [-0.1, -0.05) is 33.8 Å². The lowest BCUT2D eigenvalue weighted by Gasteiger charge is -2.45. The van der Waals surface area contributed by atoms with Crippen LogP contribution in [0.2, 0.25) is 0 Å². The summed E-state index contributed by atoms with van der Waals surface area (Å²) in [6.07, 6.45) is 7.03. The van der Waals surface area contributed by atoms with E-state index in [1.165, 1.54) is 25.3 Å². The summed E-state index contributed by atoms with van der Waals surface area (Å²) in [6, 6.07) is 0.533. The maximum Gasteiger partial charge on any atom is 0.330 e. The number of rotatable bonds is 5. The molecule has 0 aromatic carbocycles. The molecule has 0 spiro atoms. The van der Waals surface area contributed by atoms with Gasteiger partial charge in [0.1, 0.15) is 0 Å². The fourth-order valence-electron chi connectivity index (χ4n) is 3.57. The van der Waals surface area contributed by atoms with Crippen molar-refractivity contribution in [2.75, 3.05) is 13.2 Å². The van der Waals surface area contributed by atoms with Crippen LogP contribution < -0.4 is 5.32 Å². The second kappa shape index (κ2) is 6.56. The Labute approximate surface area is 117 Å². The van der Waals surface area contributed by atoms with Crippen molar-refractivity contribution < 1.29 is 9.53 Å². The lowest BCUT2D eigenvalue weighted by molar-refractivity contribution is -0.137. The lowest BCUT2D eigenvalue weighted by Crippen LogP contribution is -2.43. The highest BCUT2D eigenvalue weighted by atomic mass is 16.5. The first-order valence-electron chi connectivity index (χ1n) is 7.31. The van der Waals surface area contributed by atoms with Crippen LogP contribution in [-0.4, -0.2) is 25.2 Å². The third-order valence-corrected chi connectivity index (χ3v) is 3.62. The van der Waals surface area contributed by atoms with E-state index in [0.717, 1.165) is 6.54 Å². The van der Waals surface area contributed by atoms with Gasteiger partial charge in [0.2, 0.25) is 0 Å². The van der Waals surface area contributed by atoms with Gasteiger partial charge >= 0.3 is 5.97 Å². The Morgan fingerprint density at radius 1 is 1.26 bits per heavy atom. The van der Waals surface area contributed by atoms with Gasteiger partial charge in [-0.05, 0) is 37.0 Å². The third-order valence-electron chi connectivity index (χ3n) is 3.62. The molecule has 0 saturated heterocycles. The van der Waals surface area contributed by atoms with Crippen LogP contribution in [0.3, 0.4) is 0 Å². The van der Waals surface area contributed by atoms with Crippen LogP contribution in [0.5, 0.6) is 0 Å². The molecule has 0 unspecified atom stereocenters. The Kier molecular flexibility index (Phi) is 5.60. The van der Waals surface area contributed by atoms with Crippen LogP contribution in [0.4, 0.5) is 0 Å². The Morgan fingerprint density at radius 3 is 2.37 bits per heavy atom. The van der Waals surface area contributed by atoms with Gasteiger partial charge in [0.05, 0.1) is 6.61 Å². The summed E-state index contributed by atoms with van der Waals surface area (Å²) in [7, 11) is 0. The van der Waals surface area contributed by atoms with Gasteiger partial charge in [-0.15, -0.1) is 0 Å². The zero-order chi connectivity index (χ0) is 14.5. The average molecular weight is 267 g/mol. The minimum Gasteiger partial charge on any atom is -0.463 e. The molecule has 0 bridgehead atoms. The average Bonchev–Trinajstić information content (AvgIpc) is 2.20. The maximum atomic E-state index is 11.2. The summed E-state index contributed by atoms with van der Waals surface area (Å²) in [4.78, 5) is 11.2. The number of carbonyl (C=O) groups is 1. The Bertz CT molecular complexity index is 316. The van der Waals surface area contributed by atoms with Crippen molar-refractivity contribution >= 4 is 5.97 Å². The minimum absolute atomic E-state index is 0.256. The largest absolute Gasteiger partial charge is 0.463 e. The van der Waals surface area contributed by atoms with Crippen molar-refractivity contribution in [3.05, 3.63) is 12.2 Å². The molecular formula is C16H29NO2. The second-order valence-corrected chi connectivity index (χ2v) is 7.17. The van der Waals surface area contributed by atoms with Crippen molar-refractivity contribution in [1.29, 1.82) is 0 Å². The molecule has 19 heavy (non-hydrogen) atoms. The zero-order valence-corrected chi connectivity index (χ0v) is 13.1. The molecular weight excluding hydrogens is 238 g/mol. The maximum absolute atomic E-state index is 11.2. The summed E-state index contributed by atoms with van der Waals surface area (Å²) in [5.74, 6) is -0.256. The fourth-order valence-corrected chi connectivity index (χ4v) is 3.57. The van der Waals surface area contributed by atoms with Crippen LogP contribution >= 0.6 is 0 Å². The van der Waals surface area contributed by atoms with Gasteiger partial charge in [-0.3, -0.25) is 0 Å². The topological polar surface area (TPSA) is 38.3 Å². The molecule has 1 aliphatic carbocycles. The van der Waals surface area contributed by atoms with E-state index in [0.29, 0.717) is 23.5 Å². The molecule has 1 aliphatic rings. The number of carbonyl (C=O) groups excluding carboxylic acids is 1. The normalized spacial score (nSPS) is 22.6. The van der Waals surface area contributed by atoms with Gasteiger partial charge in [-0.2, -0.15) is 0 Å². The summed E-state index contributed by atoms with van der Waals surface area (Å²) in [6.45, 7) is 12.4. The van der Waals surface area contributed by atoms with E-state index >= 15 is 0 Å². The molecule has 1 rings (SSSR count). The molecule has 110 valence electrons. The molecule has 3 heteroatoms. The van der Waals surface area contributed by atoms with Crippen molar-refractivity contribution in [2.24, 2.45) is 10.8 Å². The first kappa shape index (κ1) is 16.2. The molecule has 0 heterocycles. The van der Waals surface area contributed by atoms with Gasteiger partial charge in [0.15, 0.2) is 0 Å². The van der Waals surface area contributed by atoms with Gasteiger partial charge in [0, 0.05) is 18.7 Å². The number of nitrogens with one attached hydrogen (secondary N) is 1. The van der Waals surface area contributed by atoms with Gasteiger partial charge < -0.3 is 10.1 Å². The predicted octanol–water partition coefficient (Wildman–Crippen LogP) is 3.30. The van der Waals surface area contributed by atoms with Crippen molar-refractivity contribution in [3.63, 3.8) is 0 Å². The standard InChI is InChI=1S/C16H29NO2/c1-6-19-14(18)8-7-9-17-13-10-15(2,3)12-16(4,5)11-13/h7-8,13,17H,6,9-12H2,1-5H3/b8-7+. The highest BCUT2D eigenvalue weighted by Gasteiger charge is 2.37. The monoisotopic (exact) mass is 267 g/mol. The van der Waals surface area contributed by atoms with Crippen LogP contribution in [0.15, 0.2) is 12.2 Å². The van der Waals surface area contributed by atoms with E-state index < -0.39 is 0 Å². The number of ether oxygens (including phenoxy) is 1. The predicted molar refractivity (Wildman–Crippen MR) is 79.0 cm³/mol. The molecule has 1 N–H and O–H groups in total. The summed E-state index contributed by atoms with van der Waals surface area (Å²) < 4.78 is 4.85. The molecule has 0 radical (unpaired) electrons. The van der Waals surface area contributed by atoms with Crippen LogP contribution in [-0.2, 0) is 9.53 Å². The Hall–Kier alpha value is -0.830. The molecule has 0 aromatic rings. The quantitative estimate of drug-likeness (QED) is 0.613. The van der Waals surface area contributed by atoms with Crippen LogP contribution in [0.1, 0.15) is 53.9 Å². The van der Waals surface area contributed by atoms with Crippen molar-refractivity contribution in [3.8, 4) is 0 Å². The van der Waals surface area contributed by atoms with Gasteiger partial charge in [0.25, 0.3) is 0 Å². The SMILES string of the molecule is CCOC(=O)/C=C/CNC1CC(C)(C)CC(C)(C)C1. The first-order chi connectivity index (χ1) is 8.74. The second-order valence-electron chi connectivity index (χ2n) is 7.17. The highest BCUT2D eigenvalue weighted by molar-refractivity contribution is 5.81. The summed E-state index contributed by atoms with van der Waals surface area (Å²) >= 11 is 0. The molecule has 0 atom stereocenters. The fraction of sp³-hybridized carbons (Fsp3) is 0.812. The first-order valence-corrected chi connectivity index (χ1v) is 7.31. The molecule has 3 nitrogen and oxygen atoms in total. The molecule has 1 fully saturated rings. The molecule has 0 aromatic heterocycles. The van der Waals surface area contributed by atoms with E-state index in [1.54, 1.807) is 0 Å². The Morgan fingerprint density at radius 2 is 1.84 bits per heavy atom. The lowest BCUT2D eigenvalue weighted by atomic mass is 9.63. The van der Waals surface area contributed by atoms with E-state index in [1.807, 2.05) is 13.0 Å². The van der Waals surface area contributed by atoms with Crippen LogP contribution in [0, 0.1) is 10.8 Å². The smallest absolute Gasteiger partial charge is 0.330 e.